The Kier molecular flexibility index (Phi) is 6.58. The highest BCUT2D eigenvalue weighted by Crippen LogP contribution is 2.16. The summed E-state index contributed by atoms with van der Waals surface area (Å²) >= 11 is 4.82. The van der Waals surface area contributed by atoms with Gasteiger partial charge in [-0.3, -0.25) is 0 Å². The van der Waals surface area contributed by atoms with Gasteiger partial charge in [0, 0.05) is 20.2 Å². The molecule has 3 nitrogen and oxygen atoms in total. The van der Waals surface area contributed by atoms with E-state index >= 15 is 0 Å². The fraction of sp³-hybridized carbons (Fsp3) is 0.875. The van der Waals surface area contributed by atoms with Crippen LogP contribution in [0.5, 0.6) is 0 Å². The van der Waals surface area contributed by atoms with Crippen molar-refractivity contribution in [3.8, 4) is 0 Å². The van der Waals surface area contributed by atoms with Crippen LogP contribution in [0, 0.1) is 0 Å². The van der Waals surface area contributed by atoms with Gasteiger partial charge in [-0.25, -0.2) is 0 Å². The first-order chi connectivity index (χ1) is 6.90. The topological polar surface area (TPSA) is 24.5 Å². The number of nitrogens with zero attached hydrogens (tertiary/aromatic N) is 1. The van der Waals surface area contributed by atoms with Crippen molar-refractivity contribution in [2.45, 2.75) is 13.1 Å². The summed E-state index contributed by atoms with van der Waals surface area (Å²) in [4.78, 5) is 1.06. The van der Waals surface area contributed by atoms with Crippen molar-refractivity contribution in [3.05, 3.63) is 0 Å². The number of nitrogens with one attached hydrogen (secondary N) is 1. The number of hydrogen-bond donors (Lipinski definition) is 1. The molecule has 15 heavy (non-hydrogen) atoms. The average Bonchev–Trinajstić information content (AvgIpc) is 2.13. The van der Waals surface area contributed by atoms with E-state index in [1.165, 1.54) is 7.11 Å². The molecule has 0 spiro atoms. The van der Waals surface area contributed by atoms with Gasteiger partial charge in [0.1, 0.15) is 6.54 Å². The van der Waals surface area contributed by atoms with Crippen LogP contribution in [0.4, 0.5) is 13.2 Å². The summed E-state index contributed by atoms with van der Waals surface area (Å²) in [5.41, 5.74) is 0. The van der Waals surface area contributed by atoms with E-state index in [4.69, 9.17) is 17.0 Å². The van der Waals surface area contributed by atoms with Crippen LogP contribution in [-0.2, 0) is 4.74 Å². The number of thiocarbonyl (C=S) groups is 1. The Morgan fingerprint density at radius 1 is 1.47 bits per heavy atom. The molecule has 0 aliphatic heterocycles. The first-order valence-corrected chi connectivity index (χ1v) is 4.90. The molecule has 1 N–H and O–H groups in total. The normalized spacial score (nSPS) is 11.3. The zero-order valence-corrected chi connectivity index (χ0v) is 9.54. The SMILES string of the molecule is CCN(CC(F)(F)F)C(=S)NCCOC. The van der Waals surface area contributed by atoms with Crippen LogP contribution < -0.4 is 5.32 Å². The summed E-state index contributed by atoms with van der Waals surface area (Å²) in [6.07, 6.45) is -4.23. The van der Waals surface area contributed by atoms with E-state index in [0.717, 1.165) is 4.90 Å². The number of methoxy groups -OCH3 is 1. The molecule has 0 aliphatic carbocycles. The van der Waals surface area contributed by atoms with Gasteiger partial charge in [-0.15, -0.1) is 0 Å². The standard InChI is InChI=1S/C8H15F3N2OS/c1-3-13(6-8(9,10)11)7(15)12-4-5-14-2/h3-6H2,1-2H3,(H,12,15). The van der Waals surface area contributed by atoms with Crippen molar-refractivity contribution >= 4 is 17.3 Å². The van der Waals surface area contributed by atoms with Crippen molar-refractivity contribution in [2.75, 3.05) is 33.4 Å². The van der Waals surface area contributed by atoms with Crippen molar-refractivity contribution in [1.29, 1.82) is 0 Å². The Bertz CT molecular complexity index is 199. The lowest BCUT2D eigenvalue weighted by atomic mass is 10.5. The lowest BCUT2D eigenvalue weighted by molar-refractivity contribution is -0.137. The van der Waals surface area contributed by atoms with Gasteiger partial charge in [0.05, 0.1) is 6.61 Å². The van der Waals surface area contributed by atoms with Gasteiger partial charge in [-0.2, -0.15) is 13.2 Å². The molecule has 90 valence electrons. The molecule has 0 unspecified atom stereocenters. The van der Waals surface area contributed by atoms with Crippen LogP contribution in [0.1, 0.15) is 6.92 Å². The number of hydrogen-bond acceptors (Lipinski definition) is 2. The highest BCUT2D eigenvalue weighted by molar-refractivity contribution is 7.80. The second kappa shape index (κ2) is 6.84. The van der Waals surface area contributed by atoms with E-state index < -0.39 is 12.7 Å². The first-order valence-electron chi connectivity index (χ1n) is 4.49. The molecule has 0 amide bonds. The van der Waals surface area contributed by atoms with E-state index in [9.17, 15) is 13.2 Å². The first kappa shape index (κ1) is 14.4. The highest BCUT2D eigenvalue weighted by atomic mass is 32.1. The molecule has 0 aromatic heterocycles. The fourth-order valence-electron chi connectivity index (χ4n) is 0.915. The Morgan fingerprint density at radius 3 is 2.47 bits per heavy atom. The van der Waals surface area contributed by atoms with Crippen LogP contribution >= 0.6 is 12.2 Å². The van der Waals surface area contributed by atoms with E-state index in [2.05, 4.69) is 5.32 Å². The van der Waals surface area contributed by atoms with Gasteiger partial charge in [0.2, 0.25) is 0 Å². The number of ether oxygens (including phenoxy) is 1. The van der Waals surface area contributed by atoms with Gasteiger partial charge in [-0.05, 0) is 19.1 Å². The maximum absolute atomic E-state index is 12.1. The Labute approximate surface area is 92.6 Å². The molecule has 0 saturated heterocycles. The highest BCUT2D eigenvalue weighted by Gasteiger charge is 2.31. The molecular formula is C8H15F3N2OS. The monoisotopic (exact) mass is 244 g/mol. The minimum Gasteiger partial charge on any atom is -0.383 e. The lowest BCUT2D eigenvalue weighted by Gasteiger charge is -2.25. The summed E-state index contributed by atoms with van der Waals surface area (Å²) in [6, 6.07) is 0. The van der Waals surface area contributed by atoms with Crippen molar-refractivity contribution < 1.29 is 17.9 Å². The predicted molar refractivity (Wildman–Crippen MR) is 55.8 cm³/mol. The average molecular weight is 244 g/mol. The second-order valence-corrected chi connectivity index (χ2v) is 3.24. The zero-order chi connectivity index (χ0) is 11.9. The predicted octanol–water partition coefficient (Wildman–Crippen LogP) is 1.39. The smallest absolute Gasteiger partial charge is 0.383 e. The third-order valence-corrected chi connectivity index (χ3v) is 2.02. The summed E-state index contributed by atoms with van der Waals surface area (Å²) in [5, 5.41) is 2.79. The zero-order valence-electron chi connectivity index (χ0n) is 8.73. The lowest BCUT2D eigenvalue weighted by Crippen LogP contribution is -2.45. The van der Waals surface area contributed by atoms with Crippen LogP contribution in [0.2, 0.25) is 0 Å². The van der Waals surface area contributed by atoms with Gasteiger partial charge in [0.15, 0.2) is 5.11 Å². The molecule has 0 rings (SSSR count). The van der Waals surface area contributed by atoms with Gasteiger partial charge >= 0.3 is 6.18 Å². The molecule has 0 atom stereocenters. The second-order valence-electron chi connectivity index (χ2n) is 2.85. The van der Waals surface area contributed by atoms with Gasteiger partial charge < -0.3 is 15.0 Å². The van der Waals surface area contributed by atoms with E-state index in [0.29, 0.717) is 13.2 Å². The Hall–Kier alpha value is -0.560. The van der Waals surface area contributed by atoms with E-state index in [1.54, 1.807) is 6.92 Å². The third-order valence-electron chi connectivity index (χ3n) is 1.62. The summed E-state index contributed by atoms with van der Waals surface area (Å²) < 4.78 is 41.0. The summed E-state index contributed by atoms with van der Waals surface area (Å²) in [7, 11) is 1.51. The molecular weight excluding hydrogens is 229 g/mol. The molecule has 0 radical (unpaired) electrons. The maximum Gasteiger partial charge on any atom is 0.406 e. The summed E-state index contributed by atoms with van der Waals surface area (Å²) in [6.45, 7) is 1.63. The molecule has 0 aliphatic rings. The van der Waals surface area contributed by atoms with Crippen molar-refractivity contribution in [1.82, 2.24) is 10.2 Å². The fourth-order valence-corrected chi connectivity index (χ4v) is 1.21. The molecule has 0 aromatic rings. The van der Waals surface area contributed by atoms with E-state index in [-0.39, 0.29) is 11.7 Å². The number of alkyl halides is 3. The Balaban J connectivity index is 4.00. The van der Waals surface area contributed by atoms with E-state index in [1.807, 2.05) is 0 Å². The maximum atomic E-state index is 12.1. The Morgan fingerprint density at radius 2 is 2.07 bits per heavy atom. The quantitative estimate of drug-likeness (QED) is 0.583. The molecule has 7 heteroatoms. The molecule has 0 heterocycles. The molecule has 0 saturated carbocycles. The van der Waals surface area contributed by atoms with Crippen LogP contribution in [0.25, 0.3) is 0 Å². The minimum absolute atomic E-state index is 0.104. The molecule has 0 fully saturated rings. The van der Waals surface area contributed by atoms with Crippen LogP contribution in [0.3, 0.4) is 0 Å². The number of halogens is 3. The molecule has 0 aromatic carbocycles. The summed E-state index contributed by atoms with van der Waals surface area (Å²) in [5.74, 6) is 0. The number of rotatable bonds is 5. The van der Waals surface area contributed by atoms with Crippen LogP contribution in [-0.4, -0.2) is 49.5 Å². The molecule has 0 bridgehead atoms. The van der Waals surface area contributed by atoms with Crippen molar-refractivity contribution in [3.63, 3.8) is 0 Å². The van der Waals surface area contributed by atoms with Gasteiger partial charge in [0.25, 0.3) is 0 Å². The largest absolute Gasteiger partial charge is 0.406 e. The van der Waals surface area contributed by atoms with Crippen LogP contribution in [0.15, 0.2) is 0 Å². The third kappa shape index (κ3) is 7.38. The van der Waals surface area contributed by atoms with Gasteiger partial charge in [-0.1, -0.05) is 0 Å². The van der Waals surface area contributed by atoms with Crippen molar-refractivity contribution in [2.24, 2.45) is 0 Å². The minimum atomic E-state index is -4.23.